The minimum absolute atomic E-state index is 0. The number of rotatable bonds is 4. The zero-order valence-corrected chi connectivity index (χ0v) is 10.4. The maximum atomic E-state index is 12.4. The molecule has 19 heavy (non-hydrogen) atoms. The van der Waals surface area contributed by atoms with E-state index < -0.39 is 24.6 Å². The van der Waals surface area contributed by atoms with Crippen LogP contribution in [0.3, 0.4) is 0 Å². The summed E-state index contributed by atoms with van der Waals surface area (Å²) >= 11 is 0. The Labute approximate surface area is 111 Å². The zero-order chi connectivity index (χ0) is 13.9. The van der Waals surface area contributed by atoms with E-state index in [2.05, 4.69) is 4.74 Å². The van der Waals surface area contributed by atoms with Gasteiger partial charge in [-0.3, -0.25) is 0 Å². The number of nitrogens with two attached hydrogens (primary N) is 1. The average molecular weight is 308 g/mol. The fourth-order valence-electron chi connectivity index (χ4n) is 1.30. The van der Waals surface area contributed by atoms with E-state index in [1.165, 1.54) is 0 Å². The first-order valence-corrected chi connectivity index (χ1v) is 4.72. The van der Waals surface area contributed by atoms with Gasteiger partial charge in [0, 0.05) is 11.6 Å². The first-order valence-electron chi connectivity index (χ1n) is 4.72. The van der Waals surface area contributed by atoms with E-state index in [4.69, 9.17) is 10.5 Å². The molecule has 0 spiro atoms. The topological polar surface area (TPSA) is 44.5 Å². The van der Waals surface area contributed by atoms with Gasteiger partial charge in [-0.2, -0.15) is 0 Å². The molecule has 0 bridgehead atoms. The summed E-state index contributed by atoms with van der Waals surface area (Å²) in [6, 6.07) is 1.12. The van der Waals surface area contributed by atoms with E-state index >= 15 is 0 Å². The molecule has 0 aromatic heterocycles. The smallest absolute Gasteiger partial charge is 0.496 e. The summed E-state index contributed by atoms with van der Waals surface area (Å²) < 4.78 is 69.0. The first kappa shape index (κ1) is 17.7. The molecular weight excluding hydrogens is 297 g/mol. The highest BCUT2D eigenvalue weighted by Crippen LogP contribution is 2.33. The predicted molar refractivity (Wildman–Crippen MR) is 59.9 cm³/mol. The van der Waals surface area contributed by atoms with E-state index in [1.54, 1.807) is 0 Å². The maximum Gasteiger partial charge on any atom is 0.573 e. The summed E-state index contributed by atoms with van der Waals surface area (Å²) in [7, 11) is 1.13. The van der Waals surface area contributed by atoms with Gasteiger partial charge >= 0.3 is 6.36 Å². The number of benzene rings is 1. The predicted octanol–water partition coefficient (Wildman–Crippen LogP) is 3.28. The van der Waals surface area contributed by atoms with Crippen LogP contribution in [0.2, 0.25) is 0 Å². The second-order valence-electron chi connectivity index (χ2n) is 3.31. The third-order valence-electron chi connectivity index (χ3n) is 2.07. The van der Waals surface area contributed by atoms with Crippen LogP contribution in [0.25, 0.3) is 0 Å². The minimum atomic E-state index is -4.86. The largest absolute Gasteiger partial charge is 0.573 e. The molecule has 1 atom stereocenters. The zero-order valence-electron chi connectivity index (χ0n) is 9.58. The standard InChI is InChI=1S/C10H10F5NO2.ClH/c1-17-7-4-5(18-10(13,14)15)2-3-6(7)8(16)9(11)12;/h2-4,8-9H,16H2,1H3;1H/t8-;/m0./s1. The van der Waals surface area contributed by atoms with Crippen LogP contribution in [0.1, 0.15) is 11.6 Å². The van der Waals surface area contributed by atoms with Gasteiger partial charge in [0.15, 0.2) is 0 Å². The van der Waals surface area contributed by atoms with Gasteiger partial charge in [-0.1, -0.05) is 0 Å². The molecular formula is C10H11ClF5NO2. The highest BCUT2D eigenvalue weighted by Gasteiger charge is 2.31. The molecule has 0 heterocycles. The van der Waals surface area contributed by atoms with Crippen LogP contribution in [0, 0.1) is 0 Å². The van der Waals surface area contributed by atoms with Crippen molar-refractivity contribution in [1.29, 1.82) is 0 Å². The molecule has 0 aliphatic rings. The summed E-state index contributed by atoms with van der Waals surface area (Å²) in [5, 5.41) is 0. The van der Waals surface area contributed by atoms with Gasteiger partial charge in [0.05, 0.1) is 13.2 Å². The van der Waals surface area contributed by atoms with Crippen molar-refractivity contribution in [3.05, 3.63) is 23.8 Å². The van der Waals surface area contributed by atoms with Crippen LogP contribution in [-0.4, -0.2) is 19.9 Å². The highest BCUT2D eigenvalue weighted by atomic mass is 35.5. The fourth-order valence-corrected chi connectivity index (χ4v) is 1.30. The second-order valence-corrected chi connectivity index (χ2v) is 3.31. The number of hydrogen-bond acceptors (Lipinski definition) is 3. The van der Waals surface area contributed by atoms with Crippen molar-refractivity contribution < 1.29 is 31.4 Å². The Hall–Kier alpha value is -1.28. The van der Waals surface area contributed by atoms with Crippen LogP contribution in [-0.2, 0) is 0 Å². The number of halogens is 6. The summed E-state index contributed by atoms with van der Waals surface area (Å²) in [5.41, 5.74) is 5.10. The van der Waals surface area contributed by atoms with Gasteiger partial charge in [-0.25, -0.2) is 8.78 Å². The molecule has 0 unspecified atom stereocenters. The summed E-state index contributed by atoms with van der Waals surface area (Å²) in [6.45, 7) is 0. The summed E-state index contributed by atoms with van der Waals surface area (Å²) in [4.78, 5) is 0. The van der Waals surface area contributed by atoms with Crippen molar-refractivity contribution in [2.75, 3.05) is 7.11 Å². The van der Waals surface area contributed by atoms with Gasteiger partial charge in [0.1, 0.15) is 11.5 Å². The number of methoxy groups -OCH3 is 1. The minimum Gasteiger partial charge on any atom is -0.496 e. The van der Waals surface area contributed by atoms with Crippen LogP contribution in [0.15, 0.2) is 18.2 Å². The SMILES string of the molecule is COc1cc(OC(F)(F)F)ccc1[C@H](N)C(F)F.Cl. The molecule has 0 fully saturated rings. The molecule has 1 rings (SSSR count). The van der Waals surface area contributed by atoms with Crippen molar-refractivity contribution >= 4 is 12.4 Å². The van der Waals surface area contributed by atoms with Crippen LogP contribution < -0.4 is 15.2 Å². The van der Waals surface area contributed by atoms with Crippen LogP contribution >= 0.6 is 12.4 Å². The molecule has 0 saturated heterocycles. The van der Waals surface area contributed by atoms with Crippen molar-refractivity contribution in [2.24, 2.45) is 5.73 Å². The molecule has 0 aliphatic carbocycles. The van der Waals surface area contributed by atoms with E-state index in [-0.39, 0.29) is 23.7 Å². The quantitative estimate of drug-likeness (QED) is 0.868. The number of alkyl halides is 5. The highest BCUT2D eigenvalue weighted by molar-refractivity contribution is 5.85. The lowest BCUT2D eigenvalue weighted by molar-refractivity contribution is -0.274. The second kappa shape index (κ2) is 6.76. The average Bonchev–Trinajstić information content (AvgIpc) is 2.25. The maximum absolute atomic E-state index is 12.4. The first-order chi connectivity index (χ1) is 8.24. The number of hydrogen-bond donors (Lipinski definition) is 1. The molecule has 0 amide bonds. The van der Waals surface area contributed by atoms with Gasteiger partial charge in [0.2, 0.25) is 0 Å². The fraction of sp³-hybridized carbons (Fsp3) is 0.400. The van der Waals surface area contributed by atoms with Crippen molar-refractivity contribution in [3.8, 4) is 11.5 Å². The molecule has 2 N–H and O–H groups in total. The lowest BCUT2D eigenvalue weighted by atomic mass is 10.1. The Morgan fingerprint density at radius 1 is 1.21 bits per heavy atom. The van der Waals surface area contributed by atoms with Gasteiger partial charge in [-0.05, 0) is 12.1 Å². The number of ether oxygens (including phenoxy) is 2. The third-order valence-corrected chi connectivity index (χ3v) is 2.07. The lowest BCUT2D eigenvalue weighted by Gasteiger charge is -2.16. The Kier molecular flexibility index (Phi) is 6.31. The van der Waals surface area contributed by atoms with Crippen LogP contribution in [0.5, 0.6) is 11.5 Å². The van der Waals surface area contributed by atoms with E-state index in [0.29, 0.717) is 0 Å². The Bertz CT molecular complexity index is 413. The van der Waals surface area contributed by atoms with Gasteiger partial charge < -0.3 is 15.2 Å². The Morgan fingerprint density at radius 3 is 2.21 bits per heavy atom. The molecule has 9 heteroatoms. The van der Waals surface area contributed by atoms with Crippen LogP contribution in [0.4, 0.5) is 22.0 Å². The van der Waals surface area contributed by atoms with Gasteiger partial charge in [-0.15, -0.1) is 25.6 Å². The molecule has 1 aromatic carbocycles. The van der Waals surface area contributed by atoms with E-state index in [9.17, 15) is 22.0 Å². The summed E-state index contributed by atoms with van der Waals surface area (Å²) in [6.07, 6.45) is -7.72. The summed E-state index contributed by atoms with van der Waals surface area (Å²) in [5.74, 6) is -0.755. The third kappa shape index (κ3) is 5.07. The molecule has 0 saturated carbocycles. The lowest BCUT2D eigenvalue weighted by Crippen LogP contribution is -2.20. The monoisotopic (exact) mass is 307 g/mol. The van der Waals surface area contributed by atoms with E-state index in [1.807, 2.05) is 0 Å². The molecule has 0 aliphatic heterocycles. The Morgan fingerprint density at radius 2 is 1.79 bits per heavy atom. The van der Waals surface area contributed by atoms with E-state index in [0.717, 1.165) is 25.3 Å². The van der Waals surface area contributed by atoms with Gasteiger partial charge in [0.25, 0.3) is 6.43 Å². The van der Waals surface area contributed by atoms with Crippen molar-refractivity contribution in [1.82, 2.24) is 0 Å². The molecule has 1 aromatic rings. The van der Waals surface area contributed by atoms with Crippen molar-refractivity contribution in [3.63, 3.8) is 0 Å². The molecule has 0 radical (unpaired) electrons. The normalized spacial score (nSPS) is 12.8. The van der Waals surface area contributed by atoms with Crippen molar-refractivity contribution in [2.45, 2.75) is 18.8 Å². The molecule has 3 nitrogen and oxygen atoms in total. The Balaban J connectivity index is 0.00000324. The molecule has 110 valence electrons.